The molecule has 1 heterocycles. The maximum absolute atomic E-state index is 4.28. The first-order chi connectivity index (χ1) is 8.29. The van der Waals surface area contributed by atoms with Crippen molar-refractivity contribution in [2.45, 2.75) is 19.4 Å². The van der Waals surface area contributed by atoms with Crippen molar-refractivity contribution in [3.8, 4) is 0 Å². The van der Waals surface area contributed by atoms with Gasteiger partial charge in [-0.05, 0) is 24.2 Å². The minimum absolute atomic E-state index is 0.305. The zero-order valence-corrected chi connectivity index (χ0v) is 11.4. The highest BCUT2D eigenvalue weighted by Crippen LogP contribution is 2.19. The molecule has 1 aromatic heterocycles. The Kier molecular flexibility index (Phi) is 4.34. The molecule has 1 aromatic carbocycles. The van der Waals surface area contributed by atoms with E-state index in [-0.39, 0.29) is 0 Å². The molecule has 0 saturated heterocycles. The van der Waals surface area contributed by atoms with Gasteiger partial charge >= 0.3 is 0 Å². The molecule has 0 bridgehead atoms. The number of hydrogen-bond acceptors (Lipinski definition) is 2. The summed E-state index contributed by atoms with van der Waals surface area (Å²) in [5.74, 6) is 1.01. The highest BCUT2D eigenvalue weighted by molar-refractivity contribution is 9.10. The summed E-state index contributed by atoms with van der Waals surface area (Å²) >= 11 is 3.46. The van der Waals surface area contributed by atoms with Gasteiger partial charge in [0.05, 0.1) is 0 Å². The van der Waals surface area contributed by atoms with Gasteiger partial charge in [0, 0.05) is 29.3 Å². The van der Waals surface area contributed by atoms with E-state index >= 15 is 0 Å². The molecule has 4 heteroatoms. The van der Waals surface area contributed by atoms with E-state index < -0.39 is 0 Å². The third kappa shape index (κ3) is 3.41. The summed E-state index contributed by atoms with van der Waals surface area (Å²) in [6.07, 6.45) is 4.53. The zero-order valence-electron chi connectivity index (χ0n) is 9.78. The molecule has 0 aliphatic carbocycles. The van der Waals surface area contributed by atoms with Crippen LogP contribution in [-0.4, -0.2) is 16.5 Å². The SMILES string of the molecule is CCNC(Cc1ncc[nH]1)c1ccc(Br)cc1. The molecule has 0 saturated carbocycles. The molecule has 0 aliphatic heterocycles. The van der Waals surface area contributed by atoms with E-state index in [1.54, 1.807) is 6.20 Å². The Hall–Kier alpha value is -1.13. The van der Waals surface area contributed by atoms with E-state index in [9.17, 15) is 0 Å². The number of halogens is 1. The molecule has 2 N–H and O–H groups in total. The van der Waals surface area contributed by atoms with Crippen LogP contribution in [0, 0.1) is 0 Å². The number of aromatic amines is 1. The van der Waals surface area contributed by atoms with Crippen molar-refractivity contribution in [1.29, 1.82) is 0 Å². The van der Waals surface area contributed by atoms with Crippen molar-refractivity contribution in [3.05, 3.63) is 52.5 Å². The monoisotopic (exact) mass is 293 g/mol. The van der Waals surface area contributed by atoms with Gasteiger partial charge in [0.2, 0.25) is 0 Å². The first kappa shape index (κ1) is 12.3. The number of H-pyrrole nitrogens is 1. The Morgan fingerprint density at radius 1 is 1.35 bits per heavy atom. The van der Waals surface area contributed by atoms with Gasteiger partial charge in [-0.3, -0.25) is 0 Å². The Labute approximate surface area is 110 Å². The van der Waals surface area contributed by atoms with Crippen LogP contribution in [-0.2, 0) is 6.42 Å². The van der Waals surface area contributed by atoms with Crippen LogP contribution in [0.5, 0.6) is 0 Å². The number of aromatic nitrogens is 2. The number of hydrogen-bond donors (Lipinski definition) is 2. The summed E-state index contributed by atoms with van der Waals surface area (Å²) < 4.78 is 1.11. The molecule has 0 aliphatic rings. The van der Waals surface area contributed by atoms with Gasteiger partial charge < -0.3 is 10.3 Å². The summed E-state index contributed by atoms with van der Waals surface area (Å²) in [4.78, 5) is 7.42. The quantitative estimate of drug-likeness (QED) is 0.889. The average molecular weight is 294 g/mol. The first-order valence-electron chi connectivity index (χ1n) is 5.76. The van der Waals surface area contributed by atoms with Crippen LogP contribution in [0.3, 0.4) is 0 Å². The molecule has 0 radical (unpaired) electrons. The highest BCUT2D eigenvalue weighted by atomic mass is 79.9. The first-order valence-corrected chi connectivity index (χ1v) is 6.56. The second kappa shape index (κ2) is 5.98. The van der Waals surface area contributed by atoms with Crippen LogP contribution in [0.25, 0.3) is 0 Å². The average Bonchev–Trinajstić information content (AvgIpc) is 2.82. The summed E-state index contributed by atoms with van der Waals surface area (Å²) in [5, 5.41) is 3.48. The van der Waals surface area contributed by atoms with Crippen molar-refractivity contribution in [2.75, 3.05) is 6.54 Å². The van der Waals surface area contributed by atoms with Crippen LogP contribution in [0.2, 0.25) is 0 Å². The van der Waals surface area contributed by atoms with Crippen molar-refractivity contribution < 1.29 is 0 Å². The van der Waals surface area contributed by atoms with Gasteiger partial charge in [-0.25, -0.2) is 4.98 Å². The maximum Gasteiger partial charge on any atom is 0.107 e. The van der Waals surface area contributed by atoms with Crippen molar-refractivity contribution >= 4 is 15.9 Å². The van der Waals surface area contributed by atoms with Crippen LogP contribution in [0.15, 0.2) is 41.1 Å². The molecule has 3 nitrogen and oxygen atoms in total. The number of imidazole rings is 1. The lowest BCUT2D eigenvalue weighted by molar-refractivity contribution is 0.539. The molecule has 1 unspecified atom stereocenters. The van der Waals surface area contributed by atoms with Crippen LogP contribution in [0.4, 0.5) is 0 Å². The second-order valence-electron chi connectivity index (χ2n) is 3.90. The third-order valence-corrected chi connectivity index (χ3v) is 3.20. The molecule has 2 rings (SSSR count). The third-order valence-electron chi connectivity index (χ3n) is 2.68. The van der Waals surface area contributed by atoms with Gasteiger partial charge in [0.15, 0.2) is 0 Å². The van der Waals surface area contributed by atoms with E-state index in [1.807, 2.05) is 6.20 Å². The zero-order chi connectivity index (χ0) is 12.1. The highest BCUT2D eigenvalue weighted by Gasteiger charge is 2.12. The van der Waals surface area contributed by atoms with Crippen molar-refractivity contribution in [1.82, 2.24) is 15.3 Å². The lowest BCUT2D eigenvalue weighted by Gasteiger charge is -2.17. The number of rotatable bonds is 5. The summed E-state index contributed by atoms with van der Waals surface area (Å²) in [7, 11) is 0. The van der Waals surface area contributed by atoms with Crippen LogP contribution >= 0.6 is 15.9 Å². The standard InChI is InChI=1S/C13H16BrN3/c1-2-15-12(9-13-16-7-8-17-13)10-3-5-11(14)6-4-10/h3-8,12,15H,2,9H2,1H3,(H,16,17). The molecule has 2 aromatic rings. The van der Waals surface area contributed by atoms with Crippen molar-refractivity contribution in [3.63, 3.8) is 0 Å². The van der Waals surface area contributed by atoms with E-state index in [4.69, 9.17) is 0 Å². The molecule has 90 valence electrons. The topological polar surface area (TPSA) is 40.7 Å². The molecule has 17 heavy (non-hydrogen) atoms. The van der Waals surface area contributed by atoms with E-state index in [2.05, 4.69) is 62.4 Å². The summed E-state index contributed by atoms with van der Waals surface area (Å²) in [6, 6.07) is 8.73. The summed E-state index contributed by atoms with van der Waals surface area (Å²) in [5.41, 5.74) is 1.28. The number of likely N-dealkylation sites (N-methyl/N-ethyl adjacent to an activating group) is 1. The van der Waals surface area contributed by atoms with Gasteiger partial charge in [-0.2, -0.15) is 0 Å². The molecule has 1 atom stereocenters. The fraction of sp³-hybridized carbons (Fsp3) is 0.308. The summed E-state index contributed by atoms with van der Waals surface area (Å²) in [6.45, 7) is 3.06. The smallest absolute Gasteiger partial charge is 0.107 e. The van der Waals surface area contributed by atoms with Crippen LogP contribution < -0.4 is 5.32 Å². The fourth-order valence-corrected chi connectivity index (χ4v) is 2.12. The molecular weight excluding hydrogens is 278 g/mol. The van der Waals surface area contributed by atoms with E-state index in [1.165, 1.54) is 5.56 Å². The minimum atomic E-state index is 0.305. The predicted octanol–water partition coefficient (Wildman–Crippen LogP) is 3.07. The lowest BCUT2D eigenvalue weighted by Crippen LogP contribution is -2.23. The second-order valence-corrected chi connectivity index (χ2v) is 4.82. The largest absolute Gasteiger partial charge is 0.349 e. The Balaban J connectivity index is 2.13. The lowest BCUT2D eigenvalue weighted by atomic mass is 10.0. The van der Waals surface area contributed by atoms with Gasteiger partial charge in [-0.15, -0.1) is 0 Å². The number of nitrogens with zero attached hydrogens (tertiary/aromatic N) is 1. The van der Waals surface area contributed by atoms with Gasteiger partial charge in [0.1, 0.15) is 5.82 Å². The molecule has 0 amide bonds. The number of benzene rings is 1. The number of nitrogens with one attached hydrogen (secondary N) is 2. The predicted molar refractivity (Wildman–Crippen MR) is 72.9 cm³/mol. The minimum Gasteiger partial charge on any atom is -0.349 e. The van der Waals surface area contributed by atoms with E-state index in [0.29, 0.717) is 6.04 Å². The fourth-order valence-electron chi connectivity index (χ4n) is 1.85. The molecular formula is C13H16BrN3. The normalized spacial score (nSPS) is 12.6. The van der Waals surface area contributed by atoms with E-state index in [0.717, 1.165) is 23.3 Å². The maximum atomic E-state index is 4.28. The Morgan fingerprint density at radius 3 is 2.71 bits per heavy atom. The van der Waals surface area contributed by atoms with Gasteiger partial charge in [-0.1, -0.05) is 35.0 Å². The van der Waals surface area contributed by atoms with Crippen molar-refractivity contribution in [2.24, 2.45) is 0 Å². The molecule has 0 spiro atoms. The Morgan fingerprint density at radius 2 is 2.12 bits per heavy atom. The van der Waals surface area contributed by atoms with Gasteiger partial charge in [0.25, 0.3) is 0 Å². The molecule has 0 fully saturated rings. The Bertz CT molecular complexity index is 436. The van der Waals surface area contributed by atoms with Crippen LogP contribution in [0.1, 0.15) is 24.4 Å².